The lowest BCUT2D eigenvalue weighted by Crippen LogP contribution is -2.52. The van der Waals surface area contributed by atoms with Crippen LogP contribution in [0.15, 0.2) is 0 Å². The highest BCUT2D eigenvalue weighted by Gasteiger charge is 2.36. The van der Waals surface area contributed by atoms with Crippen LogP contribution in [-0.4, -0.2) is 54.8 Å². The molecule has 1 rings (SSSR count). The van der Waals surface area contributed by atoms with Crippen molar-refractivity contribution in [2.45, 2.75) is 31.2 Å². The van der Waals surface area contributed by atoms with Crippen molar-refractivity contribution in [3.05, 3.63) is 0 Å². The molecule has 0 aromatic heterocycles. The fraction of sp³-hybridized carbons (Fsp3) is 0.818. The first kappa shape index (κ1) is 14.7. The second-order valence-electron chi connectivity index (χ2n) is 4.79. The van der Waals surface area contributed by atoms with Gasteiger partial charge in [-0.1, -0.05) is 12.8 Å². The van der Waals surface area contributed by atoms with Crippen LogP contribution in [0.5, 0.6) is 0 Å². The third kappa shape index (κ3) is 4.15. The quantitative estimate of drug-likeness (QED) is 0.592. The number of hydroxylamine groups is 1. The van der Waals surface area contributed by atoms with Gasteiger partial charge in [0.2, 0.25) is 0 Å². The maximum atomic E-state index is 11.4. The maximum absolute atomic E-state index is 11.4. The summed E-state index contributed by atoms with van der Waals surface area (Å²) >= 11 is 0. The van der Waals surface area contributed by atoms with E-state index in [2.05, 4.69) is 15.1 Å². The fourth-order valence-electron chi connectivity index (χ4n) is 2.26. The Balaban J connectivity index is 2.30. The second kappa shape index (κ2) is 6.55. The van der Waals surface area contributed by atoms with Gasteiger partial charge in [-0.2, -0.15) is 0 Å². The van der Waals surface area contributed by atoms with E-state index >= 15 is 0 Å². The summed E-state index contributed by atoms with van der Waals surface area (Å²) in [7, 11) is 4.01. The fourth-order valence-corrected chi connectivity index (χ4v) is 2.26. The predicted molar refractivity (Wildman–Crippen MR) is 65.0 cm³/mol. The number of carbonyl (C=O) groups is 2. The minimum atomic E-state index is -1.13. The summed E-state index contributed by atoms with van der Waals surface area (Å²) in [5.41, 5.74) is 2.05. The maximum Gasteiger partial charge on any atom is 0.338 e. The molecule has 0 saturated heterocycles. The van der Waals surface area contributed by atoms with Gasteiger partial charge < -0.3 is 15.3 Å². The van der Waals surface area contributed by atoms with Gasteiger partial charge in [-0.05, 0) is 26.9 Å². The van der Waals surface area contributed by atoms with Gasteiger partial charge >= 0.3 is 12.0 Å². The zero-order valence-electron chi connectivity index (χ0n) is 10.9. The number of rotatable bonds is 6. The van der Waals surface area contributed by atoms with Gasteiger partial charge in [0.25, 0.3) is 0 Å². The number of nitrogens with zero attached hydrogens (tertiary/aromatic N) is 1. The van der Waals surface area contributed by atoms with E-state index in [4.69, 9.17) is 5.11 Å². The summed E-state index contributed by atoms with van der Waals surface area (Å²) < 4.78 is 0. The molecule has 104 valence electrons. The first-order chi connectivity index (χ1) is 8.46. The summed E-state index contributed by atoms with van der Waals surface area (Å²) in [4.78, 5) is 28.2. The summed E-state index contributed by atoms with van der Waals surface area (Å²) in [5.74, 6) is -1.13. The van der Waals surface area contributed by atoms with E-state index in [0.29, 0.717) is 6.54 Å². The lowest BCUT2D eigenvalue weighted by atomic mass is 9.96. The van der Waals surface area contributed by atoms with E-state index < -0.39 is 18.6 Å². The Hall–Kier alpha value is -1.34. The number of carboxylic acids is 1. The summed E-state index contributed by atoms with van der Waals surface area (Å²) in [6.45, 7) is -0.0193. The first-order valence-electron chi connectivity index (χ1n) is 6.01. The molecule has 0 aliphatic heterocycles. The van der Waals surface area contributed by atoms with Crippen molar-refractivity contribution in [2.75, 3.05) is 27.2 Å². The lowest BCUT2D eigenvalue weighted by molar-refractivity contribution is -0.144. The predicted octanol–water partition coefficient (Wildman–Crippen LogP) is 0.176. The van der Waals surface area contributed by atoms with Crippen molar-refractivity contribution >= 4 is 12.0 Å². The van der Waals surface area contributed by atoms with Gasteiger partial charge in [0.05, 0.1) is 0 Å². The lowest BCUT2D eigenvalue weighted by Gasteiger charge is -2.36. The number of likely N-dealkylation sites (N-methyl/N-ethyl adjacent to an activating group) is 1. The van der Waals surface area contributed by atoms with Gasteiger partial charge in [0, 0.05) is 12.1 Å². The highest BCUT2D eigenvalue weighted by atomic mass is 16.7. The van der Waals surface area contributed by atoms with E-state index in [1.165, 1.54) is 0 Å². The molecule has 0 atom stereocenters. The van der Waals surface area contributed by atoms with Crippen LogP contribution < -0.4 is 10.8 Å². The number of urea groups is 1. The van der Waals surface area contributed by atoms with Crippen LogP contribution in [-0.2, 0) is 9.63 Å². The molecule has 0 bridgehead atoms. The van der Waals surface area contributed by atoms with Crippen molar-refractivity contribution in [3.8, 4) is 0 Å². The van der Waals surface area contributed by atoms with Gasteiger partial charge in [-0.3, -0.25) is 4.84 Å². The molecule has 3 N–H and O–H groups in total. The van der Waals surface area contributed by atoms with Crippen LogP contribution in [0, 0.1) is 0 Å². The molecular formula is C11H21N3O4. The van der Waals surface area contributed by atoms with Crippen LogP contribution >= 0.6 is 0 Å². The zero-order valence-corrected chi connectivity index (χ0v) is 10.9. The van der Waals surface area contributed by atoms with Crippen LogP contribution in [0.3, 0.4) is 0 Å². The van der Waals surface area contributed by atoms with Crippen LogP contribution in [0.1, 0.15) is 25.7 Å². The third-order valence-electron chi connectivity index (χ3n) is 3.42. The molecule has 0 radical (unpaired) electrons. The Morgan fingerprint density at radius 3 is 2.44 bits per heavy atom. The molecule has 2 amide bonds. The molecule has 0 heterocycles. The molecule has 1 saturated carbocycles. The molecule has 7 heteroatoms. The van der Waals surface area contributed by atoms with E-state index in [0.717, 1.165) is 25.7 Å². The standard InChI is InChI=1S/C11H21N3O4/c1-14(2)11(5-3-4-6-11)8-12-10(17)13-18-7-9(15)16/h3-8H2,1-2H3,(H,15,16)(H2,12,13,17). The van der Waals surface area contributed by atoms with Crippen molar-refractivity contribution in [3.63, 3.8) is 0 Å². The monoisotopic (exact) mass is 259 g/mol. The Kier molecular flexibility index (Phi) is 5.36. The summed E-state index contributed by atoms with van der Waals surface area (Å²) in [6, 6.07) is -0.510. The van der Waals surface area contributed by atoms with Gasteiger partial charge in [-0.15, -0.1) is 0 Å². The zero-order chi connectivity index (χ0) is 13.6. The normalized spacial score (nSPS) is 17.7. The Labute approximate surface area is 106 Å². The van der Waals surface area contributed by atoms with Gasteiger partial charge in [0.15, 0.2) is 6.61 Å². The number of hydrogen-bond donors (Lipinski definition) is 3. The van der Waals surface area contributed by atoms with Crippen LogP contribution in [0.4, 0.5) is 4.79 Å². The Bertz CT molecular complexity index is 301. The third-order valence-corrected chi connectivity index (χ3v) is 3.42. The van der Waals surface area contributed by atoms with E-state index in [1.807, 2.05) is 19.6 Å². The van der Waals surface area contributed by atoms with Crippen molar-refractivity contribution < 1.29 is 19.5 Å². The van der Waals surface area contributed by atoms with Crippen molar-refractivity contribution in [2.24, 2.45) is 0 Å². The van der Waals surface area contributed by atoms with Crippen LogP contribution in [0.2, 0.25) is 0 Å². The Morgan fingerprint density at radius 1 is 1.33 bits per heavy atom. The number of carboxylic acid groups (broad SMARTS) is 1. The topological polar surface area (TPSA) is 90.9 Å². The van der Waals surface area contributed by atoms with Gasteiger partial charge in [0.1, 0.15) is 0 Å². The van der Waals surface area contributed by atoms with Crippen molar-refractivity contribution in [1.29, 1.82) is 0 Å². The average Bonchev–Trinajstić information content (AvgIpc) is 2.75. The minimum absolute atomic E-state index is 0.00411. The largest absolute Gasteiger partial charge is 0.479 e. The van der Waals surface area contributed by atoms with Gasteiger partial charge in [-0.25, -0.2) is 15.1 Å². The second-order valence-corrected chi connectivity index (χ2v) is 4.79. The Morgan fingerprint density at radius 2 is 1.94 bits per heavy atom. The number of nitrogens with one attached hydrogen (secondary N) is 2. The molecule has 18 heavy (non-hydrogen) atoms. The summed E-state index contributed by atoms with van der Waals surface area (Å²) in [6.07, 6.45) is 4.43. The smallest absolute Gasteiger partial charge is 0.338 e. The molecule has 0 aromatic carbocycles. The van der Waals surface area contributed by atoms with E-state index in [1.54, 1.807) is 0 Å². The van der Waals surface area contributed by atoms with Crippen molar-refractivity contribution in [1.82, 2.24) is 15.7 Å². The minimum Gasteiger partial charge on any atom is -0.479 e. The highest BCUT2D eigenvalue weighted by molar-refractivity contribution is 5.73. The van der Waals surface area contributed by atoms with E-state index in [-0.39, 0.29) is 5.54 Å². The molecule has 1 fully saturated rings. The van der Waals surface area contributed by atoms with Crippen LogP contribution in [0.25, 0.3) is 0 Å². The average molecular weight is 259 g/mol. The number of hydrogen-bond acceptors (Lipinski definition) is 4. The van der Waals surface area contributed by atoms with E-state index in [9.17, 15) is 9.59 Å². The summed E-state index contributed by atoms with van der Waals surface area (Å²) in [5, 5.41) is 11.1. The number of amides is 2. The molecule has 0 aromatic rings. The molecular weight excluding hydrogens is 238 g/mol. The SMILES string of the molecule is CN(C)C1(CNC(=O)NOCC(=O)O)CCCC1. The molecule has 0 unspecified atom stereocenters. The highest BCUT2D eigenvalue weighted by Crippen LogP contribution is 2.32. The molecule has 0 spiro atoms. The molecule has 7 nitrogen and oxygen atoms in total. The molecule has 1 aliphatic rings. The molecule has 1 aliphatic carbocycles. The number of aliphatic carboxylic acids is 1. The first-order valence-corrected chi connectivity index (χ1v) is 6.01. The number of carbonyl (C=O) groups excluding carboxylic acids is 1.